The lowest BCUT2D eigenvalue weighted by Crippen LogP contribution is -2.65. The number of carbonyl (C=O) groups excluding carboxylic acids is 8. The van der Waals surface area contributed by atoms with Gasteiger partial charge in [0.2, 0.25) is 29.5 Å². The van der Waals surface area contributed by atoms with Gasteiger partial charge >= 0.3 is 5.97 Å². The van der Waals surface area contributed by atoms with Gasteiger partial charge in [0.05, 0.1) is 17.2 Å². The zero-order valence-electron chi connectivity index (χ0n) is 35.9. The van der Waals surface area contributed by atoms with Crippen molar-refractivity contribution in [1.82, 2.24) is 36.0 Å². The van der Waals surface area contributed by atoms with Crippen LogP contribution in [0.4, 0.5) is 0 Å². The number of fused-ring (bicyclic) bond motifs is 4. The maximum Gasteiger partial charge on any atom is 0.329 e. The number of aliphatic imine (C=N–C) groups is 1. The van der Waals surface area contributed by atoms with E-state index in [2.05, 4.69) is 26.3 Å². The molecule has 20 heteroatoms. The van der Waals surface area contributed by atoms with E-state index in [0.29, 0.717) is 24.3 Å². The Balaban J connectivity index is 1.68. The fraction of sp³-hybridized carbons (Fsp3) is 0.725. The third-order valence-corrected chi connectivity index (χ3v) is 12.3. The van der Waals surface area contributed by atoms with Crippen molar-refractivity contribution < 1.29 is 53.3 Å². The van der Waals surface area contributed by atoms with Crippen molar-refractivity contribution in [3.05, 3.63) is 11.8 Å². The number of cyclic esters (lactones) is 1. The predicted octanol–water partition coefficient (Wildman–Crippen LogP) is -0.807. The van der Waals surface area contributed by atoms with Gasteiger partial charge in [-0.05, 0) is 71.6 Å². The lowest BCUT2D eigenvalue weighted by Gasteiger charge is -2.48. The van der Waals surface area contributed by atoms with Gasteiger partial charge in [0.25, 0.3) is 11.8 Å². The molecular formula is C40H62N8O11S. The Bertz CT molecular complexity index is 1740. The van der Waals surface area contributed by atoms with Gasteiger partial charge in [0.15, 0.2) is 6.10 Å². The summed E-state index contributed by atoms with van der Waals surface area (Å²) in [6.45, 7) is 12.5. The minimum atomic E-state index is -1.91. The first-order chi connectivity index (χ1) is 28.2. The summed E-state index contributed by atoms with van der Waals surface area (Å²) in [5.74, 6) is -6.17. The van der Waals surface area contributed by atoms with Gasteiger partial charge in [0, 0.05) is 25.4 Å². The number of aliphatic hydroxyl groups excluding tert-OH is 2. The molecule has 334 valence electrons. The topological polar surface area (TPSA) is 256 Å². The first-order valence-electron chi connectivity index (χ1n) is 20.7. The normalized spacial score (nSPS) is 32.5. The van der Waals surface area contributed by atoms with Crippen molar-refractivity contribution in [2.45, 2.75) is 148 Å². The largest absolute Gasteiger partial charge is 0.461 e. The second-order valence-electron chi connectivity index (χ2n) is 16.8. The first-order valence-corrected chi connectivity index (χ1v) is 21.7. The van der Waals surface area contributed by atoms with Crippen LogP contribution in [0, 0.1) is 11.8 Å². The fourth-order valence-corrected chi connectivity index (χ4v) is 8.98. The van der Waals surface area contributed by atoms with Crippen LogP contribution >= 0.6 is 11.8 Å². The summed E-state index contributed by atoms with van der Waals surface area (Å²) in [5.41, 5.74) is -0.0699. The quantitative estimate of drug-likeness (QED) is 0.150. The summed E-state index contributed by atoms with van der Waals surface area (Å²) in [5, 5.41) is 32.3. The number of amides is 7. The predicted molar refractivity (Wildman–Crippen MR) is 221 cm³/mol. The van der Waals surface area contributed by atoms with Gasteiger partial charge in [0.1, 0.15) is 48.6 Å². The highest BCUT2D eigenvalue weighted by Gasteiger charge is 2.47. The van der Waals surface area contributed by atoms with Crippen molar-refractivity contribution in [3.8, 4) is 0 Å². The number of aliphatic hydroxyl groups is 2. The Morgan fingerprint density at radius 3 is 2.18 bits per heavy atom. The molecule has 0 aromatic heterocycles. The maximum absolute atomic E-state index is 14.1. The van der Waals surface area contributed by atoms with E-state index in [1.807, 2.05) is 20.8 Å². The number of allylic oxidation sites excluding steroid dienone is 1. The molecule has 0 aromatic carbocycles. The van der Waals surface area contributed by atoms with Gasteiger partial charge < -0.3 is 50.9 Å². The Hall–Kier alpha value is -4.56. The molecule has 4 aliphatic heterocycles. The standard InChI is InChI=1S/C40H62N8O11S/c1-10-24-37(55)47-14-12-11-13-27(47)34(53)45-30(23(8)49)39(57)46(9)31(20(4)5)40(58)59-17-29(50)35(54)41-22(7)32(51)43-25(15-19(2)3)38(56)48-21(6)16-28(48)36-44-26(18-60-36)33(52)42-24/h10,19-23,25-31,49-50H,11-18H2,1-9H3,(H,41,54)(H,42,52)(H,43,51)(H,45,53)/b24-10+/t21-,22+,23-,25-,26+,27+,28+,29+,30+,31+/m1/s1. The molecule has 0 spiro atoms. The molecule has 2 fully saturated rings. The van der Waals surface area contributed by atoms with Gasteiger partial charge in [-0.2, -0.15) is 0 Å². The van der Waals surface area contributed by atoms with Crippen LogP contribution in [0.2, 0.25) is 0 Å². The summed E-state index contributed by atoms with van der Waals surface area (Å²) < 4.78 is 5.29. The maximum atomic E-state index is 14.1. The number of carbonyl (C=O) groups is 8. The third-order valence-electron chi connectivity index (χ3n) is 11.2. The molecule has 60 heavy (non-hydrogen) atoms. The van der Waals surface area contributed by atoms with Crippen LogP contribution in [0.5, 0.6) is 0 Å². The average Bonchev–Trinajstić information content (AvgIpc) is 3.68. The Morgan fingerprint density at radius 1 is 0.900 bits per heavy atom. The third kappa shape index (κ3) is 11.2. The van der Waals surface area contributed by atoms with Crippen molar-refractivity contribution >= 4 is 64.1 Å². The SMILES string of the molecule is C/C=C1/NC(=O)[C@@H]2CSC(=N2)[C@@H]2C[C@@H](C)N2C(=O)[C@@H](CC(C)C)NC(=O)[C@H](C)NC(=O)[C@@H](O)COC(=O)[C@H](C(C)C)N(C)C(=O)[C@H]([C@@H](C)O)NC(=O)[C@@H]2CCCCN2C1=O. The molecule has 2 bridgehead atoms. The molecule has 7 amide bonds. The molecule has 0 saturated carbocycles. The molecular weight excluding hydrogens is 801 g/mol. The minimum Gasteiger partial charge on any atom is -0.461 e. The van der Waals surface area contributed by atoms with Crippen LogP contribution in [-0.2, 0) is 43.1 Å². The fourth-order valence-electron chi connectivity index (χ4n) is 7.83. The average molecular weight is 863 g/mol. The molecule has 4 rings (SSSR count). The highest BCUT2D eigenvalue weighted by molar-refractivity contribution is 8.14. The van der Waals surface area contributed by atoms with Crippen LogP contribution in [0.25, 0.3) is 0 Å². The van der Waals surface area contributed by atoms with Gasteiger partial charge in [-0.1, -0.05) is 33.8 Å². The monoisotopic (exact) mass is 862 g/mol. The Labute approximate surface area is 355 Å². The molecule has 0 radical (unpaired) electrons. The van der Waals surface area contributed by atoms with E-state index in [0.717, 1.165) is 4.90 Å². The number of piperidine rings is 1. The number of hydrogen-bond acceptors (Lipinski definition) is 13. The summed E-state index contributed by atoms with van der Waals surface area (Å²) in [6, 6.07) is -7.64. The number of esters is 1. The first kappa shape index (κ1) is 48.1. The lowest BCUT2D eigenvalue weighted by atomic mass is 9.91. The molecule has 4 heterocycles. The second kappa shape index (κ2) is 20.8. The molecule has 6 N–H and O–H groups in total. The highest BCUT2D eigenvalue weighted by atomic mass is 32.2. The Morgan fingerprint density at radius 2 is 1.58 bits per heavy atom. The summed E-state index contributed by atoms with van der Waals surface area (Å²) in [7, 11) is 1.28. The number of hydrogen-bond donors (Lipinski definition) is 6. The van der Waals surface area contributed by atoms with Crippen LogP contribution in [-0.4, -0.2) is 164 Å². The van der Waals surface area contributed by atoms with E-state index in [1.54, 1.807) is 25.7 Å². The number of thioether (sulfide) groups is 1. The van der Waals surface area contributed by atoms with Gasteiger partial charge in [-0.15, -0.1) is 11.8 Å². The zero-order valence-corrected chi connectivity index (χ0v) is 36.7. The number of likely N-dealkylation sites (N-methyl/N-ethyl adjacent to an activating group) is 1. The number of rotatable bonds is 4. The summed E-state index contributed by atoms with van der Waals surface area (Å²) in [6.07, 6.45) is 0.297. The van der Waals surface area contributed by atoms with E-state index in [4.69, 9.17) is 4.74 Å². The van der Waals surface area contributed by atoms with Crippen LogP contribution < -0.4 is 21.3 Å². The van der Waals surface area contributed by atoms with E-state index in [9.17, 15) is 48.6 Å². The van der Waals surface area contributed by atoms with Gasteiger partial charge in [-0.25, -0.2) is 4.79 Å². The molecule has 2 saturated heterocycles. The molecule has 0 aromatic rings. The lowest BCUT2D eigenvalue weighted by molar-refractivity contribution is -0.161. The zero-order chi connectivity index (χ0) is 44.7. The van der Waals surface area contributed by atoms with Crippen molar-refractivity contribution in [3.63, 3.8) is 0 Å². The molecule has 19 nitrogen and oxygen atoms in total. The Kier molecular flexibility index (Phi) is 16.7. The molecule has 0 aliphatic carbocycles. The van der Waals surface area contributed by atoms with Crippen LogP contribution in [0.3, 0.4) is 0 Å². The van der Waals surface area contributed by atoms with Gasteiger partial charge in [-0.3, -0.25) is 38.6 Å². The van der Waals surface area contributed by atoms with Crippen LogP contribution in [0.1, 0.15) is 87.5 Å². The van der Waals surface area contributed by atoms with E-state index < -0.39 is 108 Å². The minimum absolute atomic E-state index is 0.0176. The number of ether oxygens (including phenoxy) is 1. The molecule has 10 atom stereocenters. The molecule has 4 aliphatic rings. The van der Waals surface area contributed by atoms with E-state index in [-0.39, 0.29) is 48.7 Å². The van der Waals surface area contributed by atoms with Crippen molar-refractivity contribution in [2.75, 3.05) is 26.0 Å². The van der Waals surface area contributed by atoms with Crippen molar-refractivity contribution in [1.29, 1.82) is 0 Å². The van der Waals surface area contributed by atoms with Crippen molar-refractivity contribution in [2.24, 2.45) is 16.8 Å². The summed E-state index contributed by atoms with van der Waals surface area (Å²) in [4.78, 5) is 118. The van der Waals surface area contributed by atoms with Crippen LogP contribution in [0.15, 0.2) is 16.8 Å². The second-order valence-corrected chi connectivity index (χ2v) is 17.8. The van der Waals surface area contributed by atoms with E-state index in [1.165, 1.54) is 43.6 Å². The van der Waals surface area contributed by atoms with E-state index >= 15 is 0 Å². The highest BCUT2D eigenvalue weighted by Crippen LogP contribution is 2.35. The smallest absolute Gasteiger partial charge is 0.329 e. The number of nitrogens with one attached hydrogen (secondary N) is 4. The summed E-state index contributed by atoms with van der Waals surface area (Å²) >= 11 is 1.32. The molecule has 0 unspecified atom stereocenters. The number of nitrogens with zero attached hydrogens (tertiary/aromatic N) is 4.